The summed E-state index contributed by atoms with van der Waals surface area (Å²) >= 11 is 0. The Bertz CT molecular complexity index is 202. The van der Waals surface area contributed by atoms with Crippen molar-refractivity contribution >= 4 is 5.91 Å². The molecule has 2 saturated heterocycles. The molecule has 2 fully saturated rings. The van der Waals surface area contributed by atoms with Gasteiger partial charge in [0.2, 0.25) is 5.91 Å². The van der Waals surface area contributed by atoms with E-state index in [9.17, 15) is 4.79 Å². The molecule has 0 aromatic rings. The first-order valence-electron chi connectivity index (χ1n) is 5.62. The fourth-order valence-electron chi connectivity index (χ4n) is 2.17. The van der Waals surface area contributed by atoms with E-state index < -0.39 is 0 Å². The molecule has 1 amide bonds. The second kappa shape index (κ2) is 4.75. The largest absolute Gasteiger partial charge is 0.314 e. The molecule has 2 aliphatic heterocycles. The molecule has 14 heavy (non-hydrogen) atoms. The maximum Gasteiger partial charge on any atom is 0.235 e. The fourth-order valence-corrected chi connectivity index (χ4v) is 2.17. The van der Waals surface area contributed by atoms with Crippen LogP contribution in [0.4, 0.5) is 0 Å². The average molecular weight is 197 g/mol. The number of hydrazine groups is 1. The third-order valence-electron chi connectivity index (χ3n) is 3.05. The highest BCUT2D eigenvalue weighted by Gasteiger charge is 2.19. The minimum Gasteiger partial charge on any atom is -0.314 e. The lowest BCUT2D eigenvalue weighted by molar-refractivity contribution is -0.121. The van der Waals surface area contributed by atoms with Crippen LogP contribution in [0.3, 0.4) is 0 Å². The Hall–Kier alpha value is -0.610. The van der Waals surface area contributed by atoms with Crippen LogP contribution in [0.2, 0.25) is 0 Å². The number of carbonyl (C=O) groups is 1. The summed E-state index contributed by atoms with van der Waals surface area (Å²) in [6.45, 7) is 3.03. The van der Waals surface area contributed by atoms with Crippen molar-refractivity contribution in [3.63, 3.8) is 0 Å². The number of rotatable bonds is 3. The molecule has 0 saturated carbocycles. The second-order valence-corrected chi connectivity index (χ2v) is 4.21. The molecular formula is C10H19N3O. The molecule has 0 radical (unpaired) electrons. The monoisotopic (exact) mass is 197 g/mol. The molecule has 1 atom stereocenters. The number of amides is 1. The molecule has 2 heterocycles. The summed E-state index contributed by atoms with van der Waals surface area (Å²) in [5.41, 5.74) is 2.86. The standard InChI is InChI=1S/C10H19N3O/c14-10-5-8-13(12-10)7-4-9-3-1-2-6-11-9/h9,11H,1-8H2,(H,12,14). The number of nitrogens with one attached hydrogen (secondary N) is 2. The van der Waals surface area contributed by atoms with E-state index in [2.05, 4.69) is 10.7 Å². The molecule has 2 rings (SSSR count). The van der Waals surface area contributed by atoms with Crippen LogP contribution in [0.25, 0.3) is 0 Å². The molecule has 1 unspecified atom stereocenters. The number of piperidine rings is 1. The van der Waals surface area contributed by atoms with Crippen LogP contribution >= 0.6 is 0 Å². The Morgan fingerprint density at radius 2 is 2.36 bits per heavy atom. The van der Waals surface area contributed by atoms with Crippen molar-refractivity contribution in [3.8, 4) is 0 Å². The van der Waals surface area contributed by atoms with E-state index in [1.807, 2.05) is 5.01 Å². The summed E-state index contributed by atoms with van der Waals surface area (Å²) in [6.07, 6.45) is 5.78. The molecule has 0 aliphatic carbocycles. The Kier molecular flexibility index (Phi) is 3.37. The lowest BCUT2D eigenvalue weighted by Crippen LogP contribution is -2.40. The van der Waals surface area contributed by atoms with Crippen LogP contribution in [0.15, 0.2) is 0 Å². The molecule has 2 aliphatic rings. The first-order chi connectivity index (χ1) is 6.84. The Labute approximate surface area is 85.0 Å². The molecule has 0 spiro atoms. The molecule has 0 bridgehead atoms. The summed E-state index contributed by atoms with van der Waals surface area (Å²) in [6, 6.07) is 0.668. The lowest BCUT2D eigenvalue weighted by Gasteiger charge is -2.25. The van der Waals surface area contributed by atoms with Crippen molar-refractivity contribution in [2.24, 2.45) is 0 Å². The van der Waals surface area contributed by atoms with Crippen molar-refractivity contribution in [2.75, 3.05) is 19.6 Å². The predicted octanol–water partition coefficient (Wildman–Crippen LogP) is 0.255. The van der Waals surface area contributed by atoms with Gasteiger partial charge in [-0.3, -0.25) is 10.2 Å². The van der Waals surface area contributed by atoms with Gasteiger partial charge in [0.1, 0.15) is 0 Å². The van der Waals surface area contributed by atoms with Gasteiger partial charge < -0.3 is 5.32 Å². The molecule has 0 aromatic heterocycles. The van der Waals surface area contributed by atoms with E-state index in [0.29, 0.717) is 12.5 Å². The highest BCUT2D eigenvalue weighted by Crippen LogP contribution is 2.11. The summed E-state index contributed by atoms with van der Waals surface area (Å²) in [7, 11) is 0. The van der Waals surface area contributed by atoms with E-state index in [1.54, 1.807) is 0 Å². The molecule has 2 N–H and O–H groups in total. The van der Waals surface area contributed by atoms with Crippen molar-refractivity contribution in [1.29, 1.82) is 0 Å². The predicted molar refractivity (Wildman–Crippen MR) is 54.6 cm³/mol. The van der Waals surface area contributed by atoms with Crippen molar-refractivity contribution in [1.82, 2.24) is 15.8 Å². The van der Waals surface area contributed by atoms with Gasteiger partial charge in [0.05, 0.1) is 0 Å². The zero-order chi connectivity index (χ0) is 9.80. The fraction of sp³-hybridized carbons (Fsp3) is 0.900. The lowest BCUT2D eigenvalue weighted by atomic mass is 10.0. The number of nitrogens with zero attached hydrogens (tertiary/aromatic N) is 1. The zero-order valence-electron chi connectivity index (χ0n) is 8.59. The van der Waals surface area contributed by atoms with Crippen molar-refractivity contribution in [2.45, 2.75) is 38.1 Å². The maximum absolute atomic E-state index is 10.9. The van der Waals surface area contributed by atoms with Crippen LogP contribution in [0, 0.1) is 0 Å². The molecule has 80 valence electrons. The van der Waals surface area contributed by atoms with E-state index in [0.717, 1.165) is 26.1 Å². The van der Waals surface area contributed by atoms with Crippen LogP contribution in [0.5, 0.6) is 0 Å². The number of carbonyl (C=O) groups excluding carboxylic acids is 1. The van der Waals surface area contributed by atoms with Crippen LogP contribution in [-0.4, -0.2) is 36.6 Å². The van der Waals surface area contributed by atoms with Crippen molar-refractivity contribution in [3.05, 3.63) is 0 Å². The van der Waals surface area contributed by atoms with Crippen LogP contribution in [-0.2, 0) is 4.79 Å². The van der Waals surface area contributed by atoms with Gasteiger partial charge in [-0.25, -0.2) is 5.01 Å². The molecule has 4 heteroatoms. The van der Waals surface area contributed by atoms with Gasteiger partial charge in [-0.2, -0.15) is 0 Å². The van der Waals surface area contributed by atoms with Gasteiger partial charge in [-0.05, 0) is 25.8 Å². The van der Waals surface area contributed by atoms with E-state index in [1.165, 1.54) is 19.3 Å². The summed E-state index contributed by atoms with van der Waals surface area (Å²) in [5.74, 6) is 0.168. The van der Waals surface area contributed by atoms with E-state index in [4.69, 9.17) is 0 Å². The minimum absolute atomic E-state index is 0.168. The Morgan fingerprint density at radius 1 is 1.43 bits per heavy atom. The second-order valence-electron chi connectivity index (χ2n) is 4.21. The van der Waals surface area contributed by atoms with Gasteiger partial charge in [0, 0.05) is 25.6 Å². The molecular weight excluding hydrogens is 178 g/mol. The summed E-state index contributed by atoms with van der Waals surface area (Å²) in [5, 5.41) is 5.56. The van der Waals surface area contributed by atoms with Gasteiger partial charge >= 0.3 is 0 Å². The summed E-state index contributed by atoms with van der Waals surface area (Å²) < 4.78 is 0. The molecule has 4 nitrogen and oxygen atoms in total. The quantitative estimate of drug-likeness (QED) is 0.682. The Balaban J connectivity index is 1.63. The van der Waals surface area contributed by atoms with Crippen molar-refractivity contribution < 1.29 is 4.79 Å². The van der Waals surface area contributed by atoms with Crippen LogP contribution < -0.4 is 10.7 Å². The SMILES string of the molecule is O=C1CCN(CCC2CCCCN2)N1. The van der Waals surface area contributed by atoms with Gasteiger partial charge in [0.25, 0.3) is 0 Å². The highest BCUT2D eigenvalue weighted by molar-refractivity contribution is 5.77. The highest BCUT2D eigenvalue weighted by atomic mass is 16.2. The number of hydrogen-bond donors (Lipinski definition) is 2. The zero-order valence-corrected chi connectivity index (χ0v) is 8.59. The maximum atomic E-state index is 10.9. The Morgan fingerprint density at radius 3 is 3.00 bits per heavy atom. The summed E-state index contributed by atoms with van der Waals surface area (Å²) in [4.78, 5) is 10.9. The first-order valence-corrected chi connectivity index (χ1v) is 5.62. The van der Waals surface area contributed by atoms with E-state index in [-0.39, 0.29) is 5.91 Å². The average Bonchev–Trinajstić information content (AvgIpc) is 2.63. The normalized spacial score (nSPS) is 29.1. The number of hydrogen-bond acceptors (Lipinski definition) is 3. The first kappa shape index (κ1) is 9.93. The van der Waals surface area contributed by atoms with Crippen LogP contribution in [0.1, 0.15) is 32.1 Å². The third kappa shape index (κ3) is 2.69. The van der Waals surface area contributed by atoms with Gasteiger partial charge in [-0.15, -0.1) is 0 Å². The smallest absolute Gasteiger partial charge is 0.235 e. The molecule has 0 aromatic carbocycles. The van der Waals surface area contributed by atoms with E-state index >= 15 is 0 Å². The van der Waals surface area contributed by atoms with Gasteiger partial charge in [-0.1, -0.05) is 6.42 Å². The minimum atomic E-state index is 0.168. The van der Waals surface area contributed by atoms with Gasteiger partial charge in [0.15, 0.2) is 0 Å². The third-order valence-corrected chi connectivity index (χ3v) is 3.05. The topological polar surface area (TPSA) is 44.4 Å².